The molecule has 126 valence electrons. The van der Waals surface area contributed by atoms with E-state index in [0.29, 0.717) is 13.2 Å². The fraction of sp³-hybridized carbons (Fsp3) is 0.867. The minimum atomic E-state index is -0.916. The lowest BCUT2D eigenvalue weighted by Gasteiger charge is -2.34. The van der Waals surface area contributed by atoms with Gasteiger partial charge >= 0.3 is 12.0 Å². The van der Waals surface area contributed by atoms with Crippen LogP contribution in [0.5, 0.6) is 0 Å². The molecule has 0 aromatic carbocycles. The topological polar surface area (TPSA) is 88.1 Å². The van der Waals surface area contributed by atoms with Crippen molar-refractivity contribution in [1.82, 2.24) is 10.2 Å². The molecule has 1 aliphatic heterocycles. The first-order valence-electron chi connectivity index (χ1n) is 7.93. The Morgan fingerprint density at radius 2 is 2.05 bits per heavy atom. The lowest BCUT2D eigenvalue weighted by atomic mass is 9.86. The number of hydrogen-bond acceptors (Lipinski definition) is 4. The summed E-state index contributed by atoms with van der Waals surface area (Å²) in [5.41, 5.74) is 0. The summed E-state index contributed by atoms with van der Waals surface area (Å²) in [6.45, 7) is 3.30. The van der Waals surface area contributed by atoms with Crippen molar-refractivity contribution < 1.29 is 24.2 Å². The van der Waals surface area contributed by atoms with Crippen LogP contribution in [0.25, 0.3) is 0 Å². The predicted octanol–water partition coefficient (Wildman–Crippen LogP) is 1.42. The van der Waals surface area contributed by atoms with Crippen molar-refractivity contribution in [3.8, 4) is 0 Å². The van der Waals surface area contributed by atoms with Gasteiger partial charge in [-0.15, -0.1) is 0 Å². The molecule has 0 aromatic heterocycles. The molecule has 1 unspecified atom stereocenters. The van der Waals surface area contributed by atoms with Crippen LogP contribution in [0, 0.1) is 5.92 Å². The monoisotopic (exact) mass is 314 g/mol. The maximum absolute atomic E-state index is 11.8. The number of ether oxygens (including phenoxy) is 2. The molecule has 1 atom stereocenters. The molecule has 1 saturated carbocycles. The van der Waals surface area contributed by atoms with Crippen molar-refractivity contribution in [2.75, 3.05) is 26.7 Å². The summed E-state index contributed by atoms with van der Waals surface area (Å²) in [6, 6.07) is -0.289. The van der Waals surface area contributed by atoms with E-state index < -0.39 is 11.8 Å². The van der Waals surface area contributed by atoms with Gasteiger partial charge in [-0.1, -0.05) is 6.92 Å². The number of urea groups is 1. The first kappa shape index (κ1) is 17.0. The summed E-state index contributed by atoms with van der Waals surface area (Å²) in [5.74, 6) is -0.642. The van der Waals surface area contributed by atoms with Crippen LogP contribution in [0.2, 0.25) is 0 Å². The van der Waals surface area contributed by atoms with Gasteiger partial charge in [0.15, 0.2) is 5.79 Å². The van der Waals surface area contributed by atoms with E-state index in [0.717, 1.165) is 31.6 Å². The fourth-order valence-corrected chi connectivity index (χ4v) is 2.88. The first-order valence-corrected chi connectivity index (χ1v) is 7.93. The smallest absolute Gasteiger partial charge is 0.317 e. The van der Waals surface area contributed by atoms with E-state index in [-0.39, 0.29) is 25.1 Å². The molecular weight excluding hydrogens is 288 g/mol. The second-order valence-corrected chi connectivity index (χ2v) is 6.40. The molecule has 2 N–H and O–H groups in total. The minimum Gasteiger partial charge on any atom is -0.481 e. The van der Waals surface area contributed by atoms with E-state index in [1.807, 2.05) is 0 Å². The summed E-state index contributed by atoms with van der Waals surface area (Å²) < 4.78 is 11.9. The number of nitrogens with zero attached hydrogens (tertiary/aromatic N) is 1. The summed E-state index contributed by atoms with van der Waals surface area (Å²) in [7, 11) is 1.58. The summed E-state index contributed by atoms with van der Waals surface area (Å²) in [6.07, 6.45) is 3.85. The number of carbonyl (C=O) groups is 2. The number of amides is 2. The van der Waals surface area contributed by atoms with Gasteiger partial charge < -0.3 is 24.8 Å². The number of carboxylic acids is 1. The lowest BCUT2D eigenvalue weighted by Crippen LogP contribution is -2.43. The van der Waals surface area contributed by atoms with Crippen LogP contribution in [0.4, 0.5) is 4.79 Å². The van der Waals surface area contributed by atoms with Crippen molar-refractivity contribution in [2.24, 2.45) is 5.92 Å². The van der Waals surface area contributed by atoms with Crippen LogP contribution in [0.15, 0.2) is 0 Å². The van der Waals surface area contributed by atoms with Crippen molar-refractivity contribution >= 4 is 12.0 Å². The molecule has 7 heteroatoms. The lowest BCUT2D eigenvalue weighted by molar-refractivity contribution is -0.191. The molecule has 22 heavy (non-hydrogen) atoms. The second kappa shape index (κ2) is 7.28. The van der Waals surface area contributed by atoms with E-state index in [9.17, 15) is 9.59 Å². The number of carboxylic acid groups (broad SMARTS) is 1. The number of aliphatic carboxylic acids is 1. The molecule has 2 aliphatic rings. The number of hydrogen-bond donors (Lipinski definition) is 2. The van der Waals surface area contributed by atoms with E-state index in [1.54, 1.807) is 7.05 Å². The third-order valence-electron chi connectivity index (χ3n) is 4.44. The van der Waals surface area contributed by atoms with Gasteiger partial charge in [-0.2, -0.15) is 0 Å². The average Bonchev–Trinajstić information content (AvgIpc) is 2.89. The van der Waals surface area contributed by atoms with E-state index in [2.05, 4.69) is 12.2 Å². The third kappa shape index (κ3) is 4.58. The Morgan fingerprint density at radius 3 is 2.68 bits per heavy atom. The highest BCUT2D eigenvalue weighted by Gasteiger charge is 2.43. The average molecular weight is 314 g/mol. The highest BCUT2D eigenvalue weighted by atomic mass is 16.7. The molecule has 0 radical (unpaired) electrons. The van der Waals surface area contributed by atoms with Crippen LogP contribution in [-0.4, -0.2) is 60.6 Å². The molecule has 1 spiro atoms. The Morgan fingerprint density at radius 1 is 1.36 bits per heavy atom. The summed E-state index contributed by atoms with van der Waals surface area (Å²) in [4.78, 5) is 23.7. The molecule has 2 amide bonds. The Kier molecular flexibility index (Phi) is 5.63. The van der Waals surface area contributed by atoms with Crippen LogP contribution < -0.4 is 5.32 Å². The summed E-state index contributed by atoms with van der Waals surface area (Å²) >= 11 is 0. The molecule has 0 bridgehead atoms. The van der Waals surface area contributed by atoms with Crippen LogP contribution in [0.3, 0.4) is 0 Å². The highest BCUT2D eigenvalue weighted by molar-refractivity contribution is 5.75. The van der Waals surface area contributed by atoms with E-state index in [4.69, 9.17) is 14.6 Å². The van der Waals surface area contributed by atoms with Crippen molar-refractivity contribution in [2.45, 2.75) is 50.9 Å². The van der Waals surface area contributed by atoms with Gasteiger partial charge in [-0.25, -0.2) is 4.79 Å². The largest absolute Gasteiger partial charge is 0.481 e. The maximum atomic E-state index is 11.8. The van der Waals surface area contributed by atoms with Gasteiger partial charge in [-0.05, 0) is 18.8 Å². The number of carbonyl (C=O) groups excluding carboxylic acids is 1. The van der Waals surface area contributed by atoms with Crippen molar-refractivity contribution in [3.63, 3.8) is 0 Å². The Labute approximate surface area is 130 Å². The van der Waals surface area contributed by atoms with Gasteiger partial charge in [0.05, 0.1) is 13.0 Å². The van der Waals surface area contributed by atoms with Gasteiger partial charge in [0, 0.05) is 33.0 Å². The van der Waals surface area contributed by atoms with Gasteiger partial charge in [0.1, 0.15) is 6.10 Å². The van der Waals surface area contributed by atoms with Gasteiger partial charge in [0.2, 0.25) is 0 Å². The second-order valence-electron chi connectivity index (χ2n) is 6.40. The van der Waals surface area contributed by atoms with Gasteiger partial charge in [-0.3, -0.25) is 4.79 Å². The predicted molar refractivity (Wildman–Crippen MR) is 79.5 cm³/mol. The zero-order chi connectivity index (χ0) is 16.2. The third-order valence-corrected chi connectivity index (χ3v) is 4.44. The van der Waals surface area contributed by atoms with E-state index >= 15 is 0 Å². The Bertz CT molecular complexity index is 407. The SMILES string of the molecule is CC1CCC2(CC1)OCC(CNC(=O)N(C)CCC(=O)O)O2. The van der Waals surface area contributed by atoms with Gasteiger partial charge in [0.25, 0.3) is 0 Å². The van der Waals surface area contributed by atoms with Crippen LogP contribution >= 0.6 is 0 Å². The Balaban J connectivity index is 1.69. The molecule has 1 aliphatic carbocycles. The zero-order valence-corrected chi connectivity index (χ0v) is 13.3. The highest BCUT2D eigenvalue weighted by Crippen LogP contribution is 2.39. The van der Waals surface area contributed by atoms with Crippen LogP contribution in [-0.2, 0) is 14.3 Å². The number of rotatable bonds is 5. The van der Waals surface area contributed by atoms with Crippen LogP contribution in [0.1, 0.15) is 39.0 Å². The zero-order valence-electron chi connectivity index (χ0n) is 13.3. The first-order chi connectivity index (χ1) is 10.4. The molecule has 2 fully saturated rings. The van der Waals surface area contributed by atoms with E-state index in [1.165, 1.54) is 4.90 Å². The normalized spacial score (nSPS) is 31.2. The quantitative estimate of drug-likeness (QED) is 0.801. The Hall–Kier alpha value is -1.34. The van der Waals surface area contributed by atoms with Crippen molar-refractivity contribution in [1.29, 1.82) is 0 Å². The van der Waals surface area contributed by atoms with Crippen molar-refractivity contribution in [3.05, 3.63) is 0 Å². The summed E-state index contributed by atoms with van der Waals surface area (Å²) in [5, 5.41) is 11.4. The maximum Gasteiger partial charge on any atom is 0.317 e. The fourth-order valence-electron chi connectivity index (χ4n) is 2.88. The molecule has 0 aromatic rings. The molecule has 7 nitrogen and oxygen atoms in total. The standard InChI is InChI=1S/C15H26N2O5/c1-11-3-6-15(7-4-11)21-10-12(22-15)9-16-14(20)17(2)8-5-13(18)19/h11-12H,3-10H2,1-2H3,(H,16,20)(H,18,19). The molecule has 2 rings (SSSR count). The molecular formula is C15H26N2O5. The molecule has 1 saturated heterocycles. The molecule has 1 heterocycles. The minimum absolute atomic E-state index is 0.0613. The number of nitrogens with one attached hydrogen (secondary N) is 1.